The van der Waals surface area contributed by atoms with Crippen molar-refractivity contribution in [3.05, 3.63) is 0 Å². The lowest BCUT2D eigenvalue weighted by atomic mass is 9.88. The second-order valence-electron chi connectivity index (χ2n) is 5.19. The van der Waals surface area contributed by atoms with Crippen molar-refractivity contribution in [2.75, 3.05) is 13.1 Å². The van der Waals surface area contributed by atoms with Crippen LogP contribution in [0.1, 0.15) is 58.3 Å². The van der Waals surface area contributed by atoms with E-state index in [4.69, 9.17) is 10.8 Å². The van der Waals surface area contributed by atoms with Crippen LogP contribution in [0.15, 0.2) is 0 Å². The summed E-state index contributed by atoms with van der Waals surface area (Å²) in [5.74, 6) is -2.22. The molecule has 0 fully saturated rings. The highest BCUT2D eigenvalue weighted by atomic mass is 16.4. The molecular weight excluding hydrogens is 260 g/mol. The fraction of sp³-hybridized carbons (Fsp3) is 0.857. The topological polar surface area (TPSA) is 113 Å². The van der Waals surface area contributed by atoms with Crippen LogP contribution in [-0.2, 0) is 9.59 Å². The van der Waals surface area contributed by atoms with Gasteiger partial charge < -0.3 is 21.3 Å². The monoisotopic (exact) mass is 288 g/mol. The Morgan fingerprint density at radius 2 is 1.70 bits per heavy atom. The molecule has 0 spiro atoms. The van der Waals surface area contributed by atoms with Gasteiger partial charge in [0.05, 0.1) is 6.42 Å². The second-order valence-corrected chi connectivity index (χ2v) is 5.19. The van der Waals surface area contributed by atoms with Gasteiger partial charge in [0.2, 0.25) is 0 Å². The van der Waals surface area contributed by atoms with Crippen molar-refractivity contribution >= 4 is 11.9 Å². The molecule has 0 saturated carbocycles. The minimum Gasteiger partial charge on any atom is -0.481 e. The second kappa shape index (κ2) is 10.6. The lowest BCUT2D eigenvalue weighted by Gasteiger charge is -2.29. The number of hydrogen-bond donors (Lipinski definition) is 4. The summed E-state index contributed by atoms with van der Waals surface area (Å²) in [5.41, 5.74) is 3.98. The fourth-order valence-corrected chi connectivity index (χ4v) is 2.27. The Balaban J connectivity index is 4.41. The van der Waals surface area contributed by atoms with Crippen molar-refractivity contribution in [2.24, 2.45) is 5.73 Å². The van der Waals surface area contributed by atoms with E-state index in [0.717, 1.165) is 25.7 Å². The van der Waals surface area contributed by atoms with Gasteiger partial charge in [0.15, 0.2) is 0 Å². The highest BCUT2D eigenvalue weighted by Crippen LogP contribution is 2.21. The largest absolute Gasteiger partial charge is 0.481 e. The molecule has 0 saturated heterocycles. The molecule has 0 aliphatic heterocycles. The summed E-state index contributed by atoms with van der Waals surface area (Å²) < 4.78 is 0. The van der Waals surface area contributed by atoms with Crippen LogP contribution in [0.4, 0.5) is 0 Å². The number of nitrogens with two attached hydrogens (primary N) is 1. The third-order valence-corrected chi connectivity index (χ3v) is 3.43. The Kier molecular flexibility index (Phi) is 10.0. The van der Waals surface area contributed by atoms with E-state index < -0.39 is 23.9 Å². The van der Waals surface area contributed by atoms with E-state index in [1.165, 1.54) is 6.42 Å². The molecular formula is C14H28N2O4. The Hall–Kier alpha value is -1.14. The summed E-state index contributed by atoms with van der Waals surface area (Å²) in [6.07, 6.45) is 6.10. The summed E-state index contributed by atoms with van der Waals surface area (Å²) in [4.78, 5) is 22.4. The van der Waals surface area contributed by atoms with Crippen molar-refractivity contribution in [2.45, 2.75) is 63.8 Å². The van der Waals surface area contributed by atoms with E-state index in [2.05, 4.69) is 12.2 Å². The number of rotatable bonds is 13. The number of nitrogens with one attached hydrogen (secondary N) is 1. The first-order valence-corrected chi connectivity index (χ1v) is 7.39. The quantitative estimate of drug-likeness (QED) is 0.383. The molecule has 0 aromatic rings. The van der Waals surface area contributed by atoms with Crippen LogP contribution in [0.25, 0.3) is 0 Å². The van der Waals surface area contributed by atoms with Gasteiger partial charge in [-0.1, -0.05) is 45.4 Å². The van der Waals surface area contributed by atoms with Gasteiger partial charge in [0.25, 0.3) is 0 Å². The van der Waals surface area contributed by atoms with E-state index in [0.29, 0.717) is 19.4 Å². The summed E-state index contributed by atoms with van der Waals surface area (Å²) in [6.45, 7) is 2.72. The Morgan fingerprint density at radius 1 is 1.10 bits per heavy atom. The molecule has 20 heavy (non-hydrogen) atoms. The lowest BCUT2D eigenvalue weighted by molar-refractivity contribution is -0.152. The highest BCUT2D eigenvalue weighted by molar-refractivity contribution is 5.85. The van der Waals surface area contributed by atoms with Gasteiger partial charge in [-0.3, -0.25) is 9.59 Å². The molecule has 0 rings (SSSR count). The van der Waals surface area contributed by atoms with Crippen molar-refractivity contribution in [3.63, 3.8) is 0 Å². The Morgan fingerprint density at radius 3 is 2.20 bits per heavy atom. The zero-order valence-electron chi connectivity index (χ0n) is 12.4. The van der Waals surface area contributed by atoms with Gasteiger partial charge in [-0.15, -0.1) is 0 Å². The van der Waals surface area contributed by atoms with Crippen LogP contribution in [0.3, 0.4) is 0 Å². The van der Waals surface area contributed by atoms with Crippen LogP contribution < -0.4 is 11.1 Å². The molecule has 6 heteroatoms. The number of hydrogen-bond acceptors (Lipinski definition) is 4. The molecule has 118 valence electrons. The van der Waals surface area contributed by atoms with Gasteiger partial charge in [-0.2, -0.15) is 0 Å². The molecule has 0 radical (unpaired) electrons. The maximum absolute atomic E-state index is 11.5. The maximum Gasteiger partial charge on any atom is 0.324 e. The SMILES string of the molecule is CCCCCCCCC(CC(=O)O)(NCCN)C(=O)O. The van der Waals surface area contributed by atoms with E-state index >= 15 is 0 Å². The zero-order valence-corrected chi connectivity index (χ0v) is 12.4. The predicted molar refractivity (Wildman–Crippen MR) is 77.7 cm³/mol. The van der Waals surface area contributed by atoms with E-state index in [-0.39, 0.29) is 6.54 Å². The molecule has 1 atom stereocenters. The van der Waals surface area contributed by atoms with Crippen LogP contribution in [0.2, 0.25) is 0 Å². The number of carboxylic acids is 2. The molecule has 0 amide bonds. The first-order chi connectivity index (χ1) is 9.48. The van der Waals surface area contributed by atoms with Crippen molar-refractivity contribution in [1.82, 2.24) is 5.32 Å². The van der Waals surface area contributed by atoms with Gasteiger partial charge in [0.1, 0.15) is 5.54 Å². The van der Waals surface area contributed by atoms with E-state index in [1.54, 1.807) is 0 Å². The molecule has 0 bridgehead atoms. The standard InChI is InChI=1S/C14H28N2O4/c1-2-3-4-5-6-7-8-14(13(19)20,11-12(17)18)16-10-9-15/h16H,2-11,15H2,1H3,(H,17,18)(H,19,20). The van der Waals surface area contributed by atoms with E-state index in [1.807, 2.05) is 0 Å². The molecule has 0 aliphatic carbocycles. The van der Waals surface area contributed by atoms with Crippen molar-refractivity contribution < 1.29 is 19.8 Å². The third-order valence-electron chi connectivity index (χ3n) is 3.43. The average Bonchev–Trinajstić information content (AvgIpc) is 2.38. The Bertz CT molecular complexity index is 297. The summed E-state index contributed by atoms with van der Waals surface area (Å²) in [7, 11) is 0. The normalized spacial score (nSPS) is 13.9. The highest BCUT2D eigenvalue weighted by Gasteiger charge is 2.39. The average molecular weight is 288 g/mol. The first kappa shape index (κ1) is 18.9. The minimum atomic E-state index is -1.39. The van der Waals surface area contributed by atoms with Gasteiger partial charge in [-0.05, 0) is 6.42 Å². The van der Waals surface area contributed by atoms with Gasteiger partial charge in [0, 0.05) is 13.1 Å². The fourth-order valence-electron chi connectivity index (χ4n) is 2.27. The summed E-state index contributed by atoms with van der Waals surface area (Å²) in [6, 6.07) is 0. The minimum absolute atomic E-state index is 0.283. The Labute approximate surface area is 120 Å². The van der Waals surface area contributed by atoms with Crippen molar-refractivity contribution in [3.8, 4) is 0 Å². The molecule has 0 aliphatic rings. The number of carbonyl (C=O) groups is 2. The van der Waals surface area contributed by atoms with Gasteiger partial charge >= 0.3 is 11.9 Å². The summed E-state index contributed by atoms with van der Waals surface area (Å²) in [5, 5.41) is 21.1. The molecule has 1 unspecified atom stereocenters. The van der Waals surface area contributed by atoms with Crippen LogP contribution in [-0.4, -0.2) is 40.8 Å². The molecule has 5 N–H and O–H groups in total. The third kappa shape index (κ3) is 7.45. The first-order valence-electron chi connectivity index (χ1n) is 7.39. The smallest absolute Gasteiger partial charge is 0.324 e. The number of carboxylic acid groups (broad SMARTS) is 2. The number of aliphatic carboxylic acids is 2. The lowest BCUT2D eigenvalue weighted by Crippen LogP contribution is -2.54. The van der Waals surface area contributed by atoms with Crippen LogP contribution in [0, 0.1) is 0 Å². The van der Waals surface area contributed by atoms with E-state index in [9.17, 15) is 14.7 Å². The zero-order chi connectivity index (χ0) is 15.4. The molecule has 0 aromatic carbocycles. The number of unbranched alkanes of at least 4 members (excludes halogenated alkanes) is 5. The van der Waals surface area contributed by atoms with Gasteiger partial charge in [-0.25, -0.2) is 0 Å². The predicted octanol–water partition coefficient (Wildman–Crippen LogP) is 1.58. The van der Waals surface area contributed by atoms with Crippen molar-refractivity contribution in [1.29, 1.82) is 0 Å². The molecule has 0 aromatic heterocycles. The van der Waals surface area contributed by atoms with Crippen LogP contribution in [0.5, 0.6) is 0 Å². The molecule has 0 heterocycles. The molecule has 6 nitrogen and oxygen atoms in total. The van der Waals surface area contributed by atoms with Crippen LogP contribution >= 0.6 is 0 Å². The maximum atomic E-state index is 11.5. The summed E-state index contributed by atoms with van der Waals surface area (Å²) >= 11 is 0.